The lowest BCUT2D eigenvalue weighted by Gasteiger charge is -2.25. The van der Waals surface area contributed by atoms with E-state index >= 15 is 0 Å². The van der Waals surface area contributed by atoms with Gasteiger partial charge in [-0.15, -0.1) is 0 Å². The fourth-order valence-corrected chi connectivity index (χ4v) is 2.03. The second kappa shape index (κ2) is 13.0. The van der Waals surface area contributed by atoms with E-state index in [2.05, 4.69) is 13.8 Å². The highest BCUT2D eigenvalue weighted by atomic mass is 14.2. The zero-order valence-corrected chi connectivity index (χ0v) is 11.4. The second-order valence-electron chi connectivity index (χ2n) is 3.91. The van der Waals surface area contributed by atoms with Crippen LogP contribution in [-0.4, -0.2) is 0 Å². The average molecular weight is 200 g/mol. The van der Waals surface area contributed by atoms with Crippen LogP contribution in [0.25, 0.3) is 0 Å². The van der Waals surface area contributed by atoms with Crippen LogP contribution >= 0.6 is 0 Å². The molecule has 1 aliphatic rings. The van der Waals surface area contributed by atoms with Crippen LogP contribution in [0.3, 0.4) is 0 Å². The molecular weight excluding hydrogens is 168 g/mol. The predicted molar refractivity (Wildman–Crippen MR) is 68.7 cm³/mol. The van der Waals surface area contributed by atoms with Gasteiger partial charge in [-0.2, -0.15) is 0 Å². The highest BCUT2D eigenvalue weighted by molar-refractivity contribution is 4.69. The van der Waals surface area contributed by atoms with Crippen LogP contribution in [0.15, 0.2) is 0 Å². The van der Waals surface area contributed by atoms with Gasteiger partial charge in [0.1, 0.15) is 0 Å². The Morgan fingerprint density at radius 2 is 1.29 bits per heavy atom. The maximum atomic E-state index is 2.39. The fourth-order valence-electron chi connectivity index (χ4n) is 2.03. The molecule has 0 N–H and O–H groups in total. The van der Waals surface area contributed by atoms with Gasteiger partial charge in [0.15, 0.2) is 0 Å². The van der Waals surface area contributed by atoms with Crippen molar-refractivity contribution in [2.45, 2.75) is 80.1 Å². The van der Waals surface area contributed by atoms with E-state index in [1.165, 1.54) is 38.5 Å². The molecule has 88 valence electrons. The zero-order valence-electron chi connectivity index (χ0n) is 11.4. The number of hydrogen-bond acceptors (Lipinski definition) is 0. The third-order valence-electron chi connectivity index (χ3n) is 2.83. The molecule has 1 rings (SSSR count). The Hall–Kier alpha value is 0. The minimum atomic E-state index is 1.02. The van der Waals surface area contributed by atoms with E-state index in [1.54, 1.807) is 0 Å². The van der Waals surface area contributed by atoms with Crippen molar-refractivity contribution in [3.8, 4) is 0 Å². The molecule has 0 aliphatic heterocycles. The summed E-state index contributed by atoms with van der Waals surface area (Å²) in [6.07, 6.45) is 8.87. The lowest BCUT2D eigenvalue weighted by Crippen LogP contribution is -2.11. The topological polar surface area (TPSA) is 0 Å². The number of rotatable bonds is 2. The summed E-state index contributed by atoms with van der Waals surface area (Å²) in [5.41, 5.74) is 0. The summed E-state index contributed by atoms with van der Waals surface area (Å²) in [6.45, 7) is 12.7. The molecule has 0 aromatic carbocycles. The second-order valence-corrected chi connectivity index (χ2v) is 3.91. The van der Waals surface area contributed by atoms with Crippen LogP contribution in [-0.2, 0) is 0 Å². The fraction of sp³-hybridized carbons (Fsp3) is 1.00. The molecule has 14 heavy (non-hydrogen) atoms. The molecule has 0 nitrogen and oxygen atoms in total. The smallest absolute Gasteiger partial charge is 0.0414 e. The number of hydrogen-bond donors (Lipinski definition) is 0. The van der Waals surface area contributed by atoms with Crippen LogP contribution in [0.2, 0.25) is 0 Å². The summed E-state index contributed by atoms with van der Waals surface area (Å²) in [5.74, 6) is 2.11. The van der Waals surface area contributed by atoms with Crippen molar-refractivity contribution in [1.29, 1.82) is 0 Å². The van der Waals surface area contributed by atoms with E-state index in [0.717, 1.165) is 11.8 Å². The molecule has 0 aromatic rings. The van der Waals surface area contributed by atoms with E-state index in [-0.39, 0.29) is 0 Å². The molecule has 0 saturated heterocycles. The summed E-state index contributed by atoms with van der Waals surface area (Å²) in [7, 11) is 0. The molecular formula is C14H32. The first-order valence-electron chi connectivity index (χ1n) is 6.83. The first kappa shape index (κ1) is 16.4. The summed E-state index contributed by atoms with van der Waals surface area (Å²) in [6, 6.07) is 0. The van der Waals surface area contributed by atoms with E-state index in [1.807, 2.05) is 27.7 Å². The van der Waals surface area contributed by atoms with Crippen LogP contribution in [0.1, 0.15) is 80.1 Å². The lowest BCUT2D eigenvalue weighted by molar-refractivity contribution is 0.276. The van der Waals surface area contributed by atoms with Crippen molar-refractivity contribution in [3.05, 3.63) is 0 Å². The molecule has 1 aliphatic carbocycles. The predicted octanol–water partition coefficient (Wildman–Crippen LogP) is 5.67. The SMILES string of the molecule is CC.CC.CCCC1CCC(C)CC1. The standard InChI is InChI=1S/C10H20.2C2H6/c1-3-4-10-7-5-9(2)6-8-10;2*1-2/h9-10H,3-8H2,1-2H3;2*1-2H3. The molecule has 1 fully saturated rings. The van der Waals surface area contributed by atoms with E-state index in [4.69, 9.17) is 0 Å². The highest BCUT2D eigenvalue weighted by Crippen LogP contribution is 2.30. The molecule has 0 radical (unpaired) electrons. The zero-order chi connectivity index (χ0) is 11.4. The Labute approximate surface area is 92.5 Å². The average Bonchev–Trinajstić information content (AvgIpc) is 2.28. The Kier molecular flexibility index (Phi) is 15.3. The maximum Gasteiger partial charge on any atom is -0.0414 e. The van der Waals surface area contributed by atoms with Gasteiger partial charge in [0, 0.05) is 0 Å². The summed E-state index contributed by atoms with van der Waals surface area (Å²) in [4.78, 5) is 0. The molecule has 0 atom stereocenters. The van der Waals surface area contributed by atoms with Gasteiger partial charge in [-0.3, -0.25) is 0 Å². The van der Waals surface area contributed by atoms with Gasteiger partial charge < -0.3 is 0 Å². The monoisotopic (exact) mass is 200 g/mol. The molecule has 0 bridgehead atoms. The van der Waals surface area contributed by atoms with Crippen molar-refractivity contribution in [2.24, 2.45) is 11.8 Å². The van der Waals surface area contributed by atoms with E-state index in [9.17, 15) is 0 Å². The van der Waals surface area contributed by atoms with Crippen molar-refractivity contribution in [2.75, 3.05) is 0 Å². The molecule has 0 heteroatoms. The molecule has 0 spiro atoms. The summed E-state index contributed by atoms with van der Waals surface area (Å²) in [5, 5.41) is 0. The van der Waals surface area contributed by atoms with Gasteiger partial charge in [0.2, 0.25) is 0 Å². The van der Waals surface area contributed by atoms with Crippen molar-refractivity contribution in [1.82, 2.24) is 0 Å². The largest absolute Gasteiger partial charge is 0.0683 e. The van der Waals surface area contributed by atoms with E-state index < -0.39 is 0 Å². The first-order valence-corrected chi connectivity index (χ1v) is 6.83. The van der Waals surface area contributed by atoms with Gasteiger partial charge >= 0.3 is 0 Å². The van der Waals surface area contributed by atoms with Crippen LogP contribution < -0.4 is 0 Å². The third kappa shape index (κ3) is 8.59. The summed E-state index contributed by atoms with van der Waals surface area (Å²) >= 11 is 0. The van der Waals surface area contributed by atoms with Crippen molar-refractivity contribution in [3.63, 3.8) is 0 Å². The van der Waals surface area contributed by atoms with E-state index in [0.29, 0.717) is 0 Å². The maximum absolute atomic E-state index is 2.39. The Morgan fingerprint density at radius 1 is 0.857 bits per heavy atom. The molecule has 0 aromatic heterocycles. The third-order valence-corrected chi connectivity index (χ3v) is 2.83. The Bertz CT molecular complexity index is 78.0. The van der Waals surface area contributed by atoms with Crippen molar-refractivity contribution < 1.29 is 0 Å². The molecule has 0 amide bonds. The first-order chi connectivity index (χ1) is 6.83. The minimum absolute atomic E-state index is 1.02. The molecule has 0 unspecified atom stereocenters. The Morgan fingerprint density at radius 3 is 1.64 bits per heavy atom. The highest BCUT2D eigenvalue weighted by Gasteiger charge is 2.16. The van der Waals surface area contributed by atoms with Crippen molar-refractivity contribution >= 4 is 0 Å². The van der Waals surface area contributed by atoms with Crippen LogP contribution in [0.5, 0.6) is 0 Å². The van der Waals surface area contributed by atoms with Gasteiger partial charge in [-0.1, -0.05) is 80.1 Å². The lowest BCUT2D eigenvalue weighted by atomic mass is 9.81. The van der Waals surface area contributed by atoms with Gasteiger partial charge in [0.05, 0.1) is 0 Å². The normalized spacial score (nSPS) is 25.3. The minimum Gasteiger partial charge on any atom is -0.0683 e. The van der Waals surface area contributed by atoms with Gasteiger partial charge in [-0.25, -0.2) is 0 Å². The van der Waals surface area contributed by atoms with Crippen LogP contribution in [0.4, 0.5) is 0 Å². The summed E-state index contributed by atoms with van der Waals surface area (Å²) < 4.78 is 0. The Balaban J connectivity index is 0. The van der Waals surface area contributed by atoms with Gasteiger partial charge in [-0.05, 0) is 11.8 Å². The van der Waals surface area contributed by atoms with Gasteiger partial charge in [0.25, 0.3) is 0 Å². The molecule has 1 saturated carbocycles. The molecule has 0 heterocycles. The quantitative estimate of drug-likeness (QED) is 0.539. The van der Waals surface area contributed by atoms with Crippen LogP contribution in [0, 0.1) is 11.8 Å².